The van der Waals surface area contributed by atoms with Crippen LogP contribution in [-0.2, 0) is 0 Å². The van der Waals surface area contributed by atoms with E-state index < -0.39 is 11.8 Å². The van der Waals surface area contributed by atoms with Gasteiger partial charge in [0, 0.05) is 15.8 Å². The summed E-state index contributed by atoms with van der Waals surface area (Å²) in [6.07, 6.45) is 0. The third kappa shape index (κ3) is 3.69. The summed E-state index contributed by atoms with van der Waals surface area (Å²) in [6, 6.07) is 10.3. The second-order valence-electron chi connectivity index (χ2n) is 3.83. The number of halogens is 2. The van der Waals surface area contributed by atoms with Crippen molar-refractivity contribution in [1.29, 1.82) is 0 Å². The summed E-state index contributed by atoms with van der Waals surface area (Å²) in [5, 5.41) is 5.16. The number of amides is 2. The van der Waals surface area contributed by atoms with Crippen molar-refractivity contribution in [3.63, 3.8) is 0 Å². The van der Waals surface area contributed by atoms with Crippen LogP contribution in [0.15, 0.2) is 46.9 Å². The molecule has 0 fully saturated rings. The molecule has 2 aromatic carbocycles. The molecule has 2 aromatic rings. The van der Waals surface area contributed by atoms with Gasteiger partial charge < -0.3 is 16.4 Å². The fourth-order valence-electron chi connectivity index (χ4n) is 1.44. The maximum atomic E-state index is 13.1. The van der Waals surface area contributed by atoms with Crippen LogP contribution >= 0.6 is 15.9 Å². The van der Waals surface area contributed by atoms with E-state index in [1.54, 1.807) is 24.3 Å². The predicted molar refractivity (Wildman–Crippen MR) is 77.6 cm³/mol. The molecule has 0 aliphatic heterocycles. The summed E-state index contributed by atoms with van der Waals surface area (Å²) < 4.78 is 13.7. The lowest BCUT2D eigenvalue weighted by atomic mass is 10.3. The van der Waals surface area contributed by atoms with Gasteiger partial charge in [0.05, 0.1) is 5.69 Å². The number of rotatable bonds is 2. The van der Waals surface area contributed by atoms with Crippen LogP contribution in [0.25, 0.3) is 0 Å². The molecular weight excluding hydrogens is 313 g/mol. The Bertz CT molecular complexity index is 601. The standard InChI is InChI=1S/C13H11BrFN3O/c14-11-6-1-8(15)7-12(11)18-13(19)17-10-4-2-9(16)3-5-10/h1-7H,16H2,(H2,17,18,19). The zero-order valence-corrected chi connectivity index (χ0v) is 11.4. The summed E-state index contributed by atoms with van der Waals surface area (Å²) in [4.78, 5) is 11.7. The highest BCUT2D eigenvalue weighted by Crippen LogP contribution is 2.23. The maximum absolute atomic E-state index is 13.1. The summed E-state index contributed by atoms with van der Waals surface area (Å²) in [7, 11) is 0. The number of carbonyl (C=O) groups excluding carboxylic acids is 1. The summed E-state index contributed by atoms with van der Waals surface area (Å²) >= 11 is 3.23. The number of anilines is 3. The Morgan fingerprint density at radius 3 is 2.47 bits per heavy atom. The van der Waals surface area contributed by atoms with E-state index in [1.165, 1.54) is 18.2 Å². The molecule has 0 aliphatic rings. The van der Waals surface area contributed by atoms with E-state index in [4.69, 9.17) is 5.73 Å². The number of nitrogens with one attached hydrogen (secondary N) is 2. The maximum Gasteiger partial charge on any atom is 0.323 e. The molecule has 0 unspecified atom stereocenters. The molecule has 0 radical (unpaired) electrons. The lowest BCUT2D eigenvalue weighted by Crippen LogP contribution is -2.19. The monoisotopic (exact) mass is 323 g/mol. The molecule has 19 heavy (non-hydrogen) atoms. The molecule has 6 heteroatoms. The second-order valence-corrected chi connectivity index (χ2v) is 4.68. The Labute approximate surface area is 117 Å². The van der Waals surface area contributed by atoms with Gasteiger partial charge in [0.15, 0.2) is 0 Å². The van der Waals surface area contributed by atoms with E-state index in [9.17, 15) is 9.18 Å². The van der Waals surface area contributed by atoms with Crippen LogP contribution in [-0.4, -0.2) is 6.03 Å². The number of urea groups is 1. The van der Waals surface area contributed by atoms with Crippen LogP contribution in [0, 0.1) is 5.82 Å². The highest BCUT2D eigenvalue weighted by molar-refractivity contribution is 9.10. The molecule has 0 saturated carbocycles. The Hall–Kier alpha value is -2.08. The van der Waals surface area contributed by atoms with Crippen molar-refractivity contribution < 1.29 is 9.18 Å². The normalized spacial score (nSPS) is 10.0. The number of nitrogen functional groups attached to an aromatic ring is 1. The first-order chi connectivity index (χ1) is 9.04. The minimum absolute atomic E-state index is 0.355. The van der Waals surface area contributed by atoms with E-state index >= 15 is 0 Å². The first-order valence-electron chi connectivity index (χ1n) is 5.43. The smallest absolute Gasteiger partial charge is 0.323 e. The topological polar surface area (TPSA) is 67.1 Å². The van der Waals surface area contributed by atoms with Crippen LogP contribution in [0.4, 0.5) is 26.2 Å². The van der Waals surface area contributed by atoms with Crippen molar-refractivity contribution in [2.24, 2.45) is 0 Å². The number of carbonyl (C=O) groups is 1. The van der Waals surface area contributed by atoms with Crippen LogP contribution in [0.1, 0.15) is 0 Å². The minimum atomic E-state index is -0.462. The fraction of sp³-hybridized carbons (Fsp3) is 0. The highest BCUT2D eigenvalue weighted by atomic mass is 79.9. The van der Waals surface area contributed by atoms with E-state index in [0.717, 1.165) is 0 Å². The average molecular weight is 324 g/mol. The molecule has 0 heterocycles. The number of nitrogens with two attached hydrogens (primary N) is 1. The molecule has 0 bridgehead atoms. The van der Waals surface area contributed by atoms with Crippen molar-refractivity contribution in [2.45, 2.75) is 0 Å². The molecule has 2 rings (SSSR count). The van der Waals surface area contributed by atoms with Crippen molar-refractivity contribution in [3.05, 3.63) is 52.8 Å². The quantitative estimate of drug-likeness (QED) is 0.735. The van der Waals surface area contributed by atoms with E-state index in [-0.39, 0.29) is 0 Å². The van der Waals surface area contributed by atoms with Crippen molar-refractivity contribution in [1.82, 2.24) is 0 Å². The number of hydrogen-bond donors (Lipinski definition) is 3. The first kappa shape index (κ1) is 13.4. The first-order valence-corrected chi connectivity index (χ1v) is 6.22. The van der Waals surface area contributed by atoms with Crippen LogP contribution < -0.4 is 16.4 Å². The lowest BCUT2D eigenvalue weighted by molar-refractivity contribution is 0.262. The average Bonchev–Trinajstić information content (AvgIpc) is 2.37. The van der Waals surface area contributed by atoms with Gasteiger partial charge in [-0.1, -0.05) is 0 Å². The van der Waals surface area contributed by atoms with Gasteiger partial charge >= 0.3 is 6.03 Å². The van der Waals surface area contributed by atoms with Gasteiger partial charge in [-0.2, -0.15) is 0 Å². The third-order valence-corrected chi connectivity index (χ3v) is 3.04. The van der Waals surface area contributed by atoms with Crippen LogP contribution in [0.2, 0.25) is 0 Å². The Balaban J connectivity index is 2.05. The summed E-state index contributed by atoms with van der Waals surface area (Å²) in [5.74, 6) is -0.425. The zero-order valence-electron chi connectivity index (χ0n) is 9.78. The van der Waals surface area contributed by atoms with Crippen molar-refractivity contribution >= 4 is 39.0 Å². The van der Waals surface area contributed by atoms with Gasteiger partial charge in [-0.05, 0) is 58.4 Å². The molecule has 0 aliphatic carbocycles. The van der Waals surface area contributed by atoms with Gasteiger partial charge in [0.1, 0.15) is 5.82 Å². The molecular formula is C13H11BrFN3O. The van der Waals surface area contributed by atoms with Gasteiger partial charge in [0.25, 0.3) is 0 Å². The molecule has 0 atom stereocenters. The molecule has 0 saturated heterocycles. The minimum Gasteiger partial charge on any atom is -0.399 e. The SMILES string of the molecule is Nc1ccc(NC(=O)Nc2cc(F)ccc2Br)cc1. The Kier molecular flexibility index (Phi) is 4.01. The molecule has 2 amide bonds. The Morgan fingerprint density at radius 1 is 1.11 bits per heavy atom. The van der Waals surface area contributed by atoms with Gasteiger partial charge in [0.2, 0.25) is 0 Å². The number of benzene rings is 2. The third-order valence-electron chi connectivity index (χ3n) is 2.35. The molecule has 4 nitrogen and oxygen atoms in total. The summed E-state index contributed by atoms with van der Waals surface area (Å²) in [5.41, 5.74) is 7.10. The number of hydrogen-bond acceptors (Lipinski definition) is 2. The van der Waals surface area contributed by atoms with Crippen LogP contribution in [0.3, 0.4) is 0 Å². The molecule has 4 N–H and O–H groups in total. The fourth-order valence-corrected chi connectivity index (χ4v) is 1.79. The molecule has 0 aromatic heterocycles. The van der Waals surface area contributed by atoms with Crippen LogP contribution in [0.5, 0.6) is 0 Å². The molecule has 98 valence electrons. The summed E-state index contributed by atoms with van der Waals surface area (Å²) in [6.45, 7) is 0. The highest BCUT2D eigenvalue weighted by Gasteiger charge is 2.06. The lowest BCUT2D eigenvalue weighted by Gasteiger charge is -2.09. The van der Waals surface area contributed by atoms with Crippen molar-refractivity contribution in [2.75, 3.05) is 16.4 Å². The van der Waals surface area contributed by atoms with E-state index in [2.05, 4.69) is 26.6 Å². The van der Waals surface area contributed by atoms with E-state index in [0.29, 0.717) is 21.5 Å². The van der Waals surface area contributed by atoms with Crippen molar-refractivity contribution in [3.8, 4) is 0 Å². The van der Waals surface area contributed by atoms with E-state index in [1.807, 2.05) is 0 Å². The van der Waals surface area contributed by atoms with Gasteiger partial charge in [-0.25, -0.2) is 9.18 Å². The largest absolute Gasteiger partial charge is 0.399 e. The Morgan fingerprint density at radius 2 is 1.79 bits per heavy atom. The molecule has 0 spiro atoms. The zero-order chi connectivity index (χ0) is 13.8. The second kappa shape index (κ2) is 5.71. The predicted octanol–water partition coefficient (Wildman–Crippen LogP) is 3.81. The van der Waals surface area contributed by atoms with Gasteiger partial charge in [-0.15, -0.1) is 0 Å². The van der Waals surface area contributed by atoms with Gasteiger partial charge in [-0.3, -0.25) is 0 Å².